The standard InChI is InChI=1S/C27H29N5O4/c1-4-32(5-2)21-9-10-23(22(17-21)24-16-18(25(28)34)11-12-29-24)30-26(35)19-7-6-8-20(15-19)27(36)31(3)13-14-33/h6-12,14-17H,4-5,13H2,1-3H3,(H2,28,34)(H,30,35). The van der Waals surface area contributed by atoms with E-state index in [0.717, 1.165) is 18.8 Å². The molecule has 2 aromatic carbocycles. The molecular weight excluding hydrogens is 458 g/mol. The molecule has 3 N–H and O–H groups in total. The molecule has 0 spiro atoms. The summed E-state index contributed by atoms with van der Waals surface area (Å²) in [5.74, 6) is -1.37. The van der Waals surface area contributed by atoms with Crippen LogP contribution in [0.15, 0.2) is 60.8 Å². The molecule has 0 unspecified atom stereocenters. The van der Waals surface area contributed by atoms with Crippen molar-refractivity contribution in [1.29, 1.82) is 0 Å². The summed E-state index contributed by atoms with van der Waals surface area (Å²) in [4.78, 5) is 56.0. The minimum Gasteiger partial charge on any atom is -0.372 e. The first-order valence-corrected chi connectivity index (χ1v) is 11.5. The van der Waals surface area contributed by atoms with Crippen molar-refractivity contribution in [2.24, 2.45) is 5.73 Å². The molecule has 0 bridgehead atoms. The normalized spacial score (nSPS) is 10.4. The van der Waals surface area contributed by atoms with Crippen molar-refractivity contribution in [3.05, 3.63) is 77.5 Å². The maximum atomic E-state index is 13.2. The van der Waals surface area contributed by atoms with Gasteiger partial charge >= 0.3 is 0 Å². The molecule has 0 saturated carbocycles. The van der Waals surface area contributed by atoms with Gasteiger partial charge in [-0.15, -0.1) is 0 Å². The second-order valence-corrected chi connectivity index (χ2v) is 8.08. The lowest BCUT2D eigenvalue weighted by molar-refractivity contribution is -0.108. The Balaban J connectivity index is 2.00. The fourth-order valence-corrected chi connectivity index (χ4v) is 3.77. The van der Waals surface area contributed by atoms with E-state index in [0.29, 0.717) is 34.4 Å². The van der Waals surface area contributed by atoms with Crippen molar-refractivity contribution in [2.45, 2.75) is 13.8 Å². The molecule has 0 radical (unpaired) electrons. The van der Waals surface area contributed by atoms with Crippen LogP contribution in [0.25, 0.3) is 11.3 Å². The lowest BCUT2D eigenvalue weighted by Crippen LogP contribution is -2.28. The largest absolute Gasteiger partial charge is 0.372 e. The van der Waals surface area contributed by atoms with E-state index in [2.05, 4.69) is 15.2 Å². The third kappa shape index (κ3) is 5.93. The molecule has 0 aliphatic heterocycles. The molecule has 3 amide bonds. The topological polar surface area (TPSA) is 126 Å². The van der Waals surface area contributed by atoms with Gasteiger partial charge in [0.25, 0.3) is 11.8 Å². The van der Waals surface area contributed by atoms with Gasteiger partial charge in [-0.05, 0) is 62.4 Å². The number of hydrogen-bond acceptors (Lipinski definition) is 6. The van der Waals surface area contributed by atoms with Crippen LogP contribution in [0.3, 0.4) is 0 Å². The van der Waals surface area contributed by atoms with E-state index in [1.165, 1.54) is 30.3 Å². The van der Waals surface area contributed by atoms with E-state index >= 15 is 0 Å². The van der Waals surface area contributed by atoms with Gasteiger partial charge in [-0.2, -0.15) is 0 Å². The van der Waals surface area contributed by atoms with Crippen molar-refractivity contribution in [3.8, 4) is 11.3 Å². The Kier molecular flexibility index (Phi) is 8.51. The van der Waals surface area contributed by atoms with Crippen LogP contribution in [0.1, 0.15) is 44.9 Å². The van der Waals surface area contributed by atoms with E-state index in [1.54, 1.807) is 30.3 Å². The molecule has 0 aliphatic carbocycles. The van der Waals surface area contributed by atoms with Crippen LogP contribution in [0, 0.1) is 0 Å². The number of pyridine rings is 1. The van der Waals surface area contributed by atoms with E-state index in [9.17, 15) is 19.2 Å². The van der Waals surface area contributed by atoms with Gasteiger partial charge in [0.2, 0.25) is 5.91 Å². The number of nitrogens with two attached hydrogens (primary N) is 1. The number of rotatable bonds is 10. The predicted octanol–water partition coefficient (Wildman–Crippen LogP) is 3.22. The van der Waals surface area contributed by atoms with Gasteiger partial charge < -0.3 is 25.6 Å². The van der Waals surface area contributed by atoms with Gasteiger partial charge in [0.05, 0.1) is 17.9 Å². The third-order valence-electron chi connectivity index (χ3n) is 5.77. The van der Waals surface area contributed by atoms with Gasteiger partial charge in [-0.3, -0.25) is 19.4 Å². The summed E-state index contributed by atoms with van der Waals surface area (Å²) < 4.78 is 0. The first-order chi connectivity index (χ1) is 17.3. The van der Waals surface area contributed by atoms with E-state index < -0.39 is 11.8 Å². The summed E-state index contributed by atoms with van der Waals surface area (Å²) in [6, 6.07) is 15.0. The number of likely N-dealkylation sites (N-methyl/N-ethyl adjacent to an activating group) is 1. The number of aromatic nitrogens is 1. The number of nitrogens with one attached hydrogen (secondary N) is 1. The van der Waals surface area contributed by atoms with E-state index in [-0.39, 0.29) is 18.0 Å². The van der Waals surface area contributed by atoms with Crippen molar-refractivity contribution in [1.82, 2.24) is 9.88 Å². The quantitative estimate of drug-likeness (QED) is 0.423. The summed E-state index contributed by atoms with van der Waals surface area (Å²) in [6.45, 7) is 5.62. The van der Waals surface area contributed by atoms with Crippen LogP contribution in [0.4, 0.5) is 11.4 Å². The average Bonchev–Trinajstić information content (AvgIpc) is 2.89. The highest BCUT2D eigenvalue weighted by Gasteiger charge is 2.17. The number of primary amides is 1. The molecule has 0 aliphatic rings. The average molecular weight is 488 g/mol. The van der Waals surface area contributed by atoms with Crippen molar-refractivity contribution >= 4 is 35.4 Å². The van der Waals surface area contributed by atoms with Crippen LogP contribution < -0.4 is 16.0 Å². The molecule has 186 valence electrons. The zero-order valence-corrected chi connectivity index (χ0v) is 20.5. The minimum atomic E-state index is -0.579. The fraction of sp³-hybridized carbons (Fsp3) is 0.222. The van der Waals surface area contributed by atoms with Gasteiger partial charge in [-0.1, -0.05) is 6.07 Å². The summed E-state index contributed by atoms with van der Waals surface area (Å²) >= 11 is 0. The highest BCUT2D eigenvalue weighted by Crippen LogP contribution is 2.32. The Morgan fingerprint density at radius 3 is 2.36 bits per heavy atom. The number of carbonyl (C=O) groups is 4. The minimum absolute atomic E-state index is 0.0468. The van der Waals surface area contributed by atoms with Gasteiger partial charge in [0.15, 0.2) is 0 Å². The summed E-state index contributed by atoms with van der Waals surface area (Å²) in [5.41, 5.74) is 8.85. The van der Waals surface area contributed by atoms with E-state index in [1.807, 2.05) is 26.0 Å². The molecule has 1 heterocycles. The molecule has 0 atom stereocenters. The monoisotopic (exact) mass is 487 g/mol. The predicted molar refractivity (Wildman–Crippen MR) is 139 cm³/mol. The number of amides is 3. The van der Waals surface area contributed by atoms with Crippen LogP contribution in [-0.4, -0.2) is 60.6 Å². The molecule has 0 saturated heterocycles. The zero-order valence-electron chi connectivity index (χ0n) is 20.5. The SMILES string of the molecule is CCN(CC)c1ccc(NC(=O)c2cccc(C(=O)N(C)CC=O)c2)c(-c2cc(C(N)=O)ccn2)c1. The molecule has 3 aromatic rings. The van der Waals surface area contributed by atoms with Crippen LogP contribution >= 0.6 is 0 Å². The molecule has 1 aromatic heterocycles. The molecular formula is C27H29N5O4. The van der Waals surface area contributed by atoms with Gasteiger partial charge in [-0.25, -0.2) is 0 Å². The summed E-state index contributed by atoms with van der Waals surface area (Å²) in [6.07, 6.45) is 2.13. The Bertz CT molecular complexity index is 1290. The molecule has 3 rings (SSSR count). The first kappa shape index (κ1) is 26.1. The molecule has 9 nitrogen and oxygen atoms in total. The van der Waals surface area contributed by atoms with Crippen molar-refractivity contribution < 1.29 is 19.2 Å². The Labute approximate surface area is 209 Å². The Morgan fingerprint density at radius 2 is 1.69 bits per heavy atom. The fourth-order valence-electron chi connectivity index (χ4n) is 3.77. The number of carbonyl (C=O) groups excluding carboxylic acids is 4. The molecule has 36 heavy (non-hydrogen) atoms. The second-order valence-electron chi connectivity index (χ2n) is 8.08. The van der Waals surface area contributed by atoms with Crippen LogP contribution in [0.2, 0.25) is 0 Å². The second kappa shape index (κ2) is 11.7. The van der Waals surface area contributed by atoms with Crippen molar-refractivity contribution in [3.63, 3.8) is 0 Å². The first-order valence-electron chi connectivity index (χ1n) is 11.5. The Morgan fingerprint density at radius 1 is 0.972 bits per heavy atom. The third-order valence-corrected chi connectivity index (χ3v) is 5.77. The van der Waals surface area contributed by atoms with Gasteiger partial charge in [0.1, 0.15) is 6.29 Å². The van der Waals surface area contributed by atoms with Crippen LogP contribution in [0.5, 0.6) is 0 Å². The van der Waals surface area contributed by atoms with Crippen molar-refractivity contribution in [2.75, 3.05) is 36.9 Å². The highest BCUT2D eigenvalue weighted by atomic mass is 16.2. The Hall–Kier alpha value is -4.53. The van der Waals surface area contributed by atoms with E-state index in [4.69, 9.17) is 5.73 Å². The smallest absolute Gasteiger partial charge is 0.255 e. The summed E-state index contributed by atoms with van der Waals surface area (Å²) in [5, 5.41) is 2.90. The number of hydrogen-bond donors (Lipinski definition) is 2. The van der Waals surface area contributed by atoms with Crippen LogP contribution in [-0.2, 0) is 4.79 Å². The maximum Gasteiger partial charge on any atom is 0.255 e. The number of anilines is 2. The lowest BCUT2D eigenvalue weighted by atomic mass is 10.0. The number of benzene rings is 2. The van der Waals surface area contributed by atoms with Gasteiger partial charge in [0, 0.05) is 54.3 Å². The molecule has 9 heteroatoms. The number of aldehydes is 1. The summed E-state index contributed by atoms with van der Waals surface area (Å²) in [7, 11) is 1.51. The molecule has 0 fully saturated rings. The highest BCUT2D eigenvalue weighted by molar-refractivity contribution is 6.08. The lowest BCUT2D eigenvalue weighted by Gasteiger charge is -2.23. The number of nitrogens with zero attached hydrogens (tertiary/aromatic N) is 3. The zero-order chi connectivity index (χ0) is 26.2. The maximum absolute atomic E-state index is 13.2.